The summed E-state index contributed by atoms with van der Waals surface area (Å²) in [4.78, 5) is 13.2. The fraction of sp³-hybridized carbons (Fsp3) is 0.364. The number of methoxy groups -OCH3 is 1. The molecule has 0 spiro atoms. The van der Waals surface area contributed by atoms with Gasteiger partial charge in [0, 0.05) is 26.4 Å². The number of benzene rings is 1. The number of amides is 2. The Morgan fingerprint density at radius 2 is 2.12 bits per heavy atom. The van der Waals surface area contributed by atoms with Crippen molar-refractivity contribution in [3.8, 4) is 0 Å². The third-order valence-corrected chi connectivity index (χ3v) is 2.89. The Morgan fingerprint density at radius 1 is 1.41 bits per heavy atom. The van der Waals surface area contributed by atoms with Gasteiger partial charge in [-0.15, -0.1) is 0 Å². The molecule has 0 fully saturated rings. The molecule has 0 unspecified atom stereocenters. The molecule has 94 valence electrons. The first-order chi connectivity index (χ1) is 8.04. The van der Waals surface area contributed by atoms with E-state index in [0.717, 1.165) is 0 Å². The summed E-state index contributed by atoms with van der Waals surface area (Å²) in [5.41, 5.74) is 0.605. The first kappa shape index (κ1) is 14.1. The highest BCUT2D eigenvalue weighted by Gasteiger charge is 2.08. The summed E-state index contributed by atoms with van der Waals surface area (Å²) in [6, 6.07) is 4.71. The lowest BCUT2D eigenvalue weighted by molar-refractivity contribution is 0.165. The number of rotatable bonds is 4. The van der Waals surface area contributed by atoms with Gasteiger partial charge in [-0.05, 0) is 18.2 Å². The molecule has 2 amide bonds. The third-order valence-electron chi connectivity index (χ3n) is 2.15. The molecule has 0 saturated heterocycles. The fourth-order valence-corrected chi connectivity index (χ4v) is 1.42. The van der Waals surface area contributed by atoms with Gasteiger partial charge >= 0.3 is 6.03 Å². The molecule has 0 aliphatic heterocycles. The predicted molar refractivity (Wildman–Crippen MR) is 70.0 cm³/mol. The fourth-order valence-electron chi connectivity index (χ4n) is 1.12. The molecule has 0 saturated carbocycles. The molecular formula is C11H14Cl2N2O2. The SMILES string of the molecule is COCCN(C)C(=O)Nc1ccc(Cl)c(Cl)c1. The summed E-state index contributed by atoms with van der Waals surface area (Å²) in [6.45, 7) is 1.01. The Kier molecular flexibility index (Phi) is 5.55. The lowest BCUT2D eigenvalue weighted by Crippen LogP contribution is -2.33. The van der Waals surface area contributed by atoms with Crippen molar-refractivity contribution < 1.29 is 9.53 Å². The maximum atomic E-state index is 11.7. The Morgan fingerprint density at radius 3 is 2.71 bits per heavy atom. The van der Waals surface area contributed by atoms with Gasteiger partial charge in [0.05, 0.1) is 16.7 Å². The van der Waals surface area contributed by atoms with Crippen molar-refractivity contribution in [1.82, 2.24) is 4.90 Å². The average molecular weight is 277 g/mol. The molecule has 0 atom stereocenters. The van der Waals surface area contributed by atoms with E-state index in [4.69, 9.17) is 27.9 Å². The topological polar surface area (TPSA) is 41.6 Å². The molecule has 1 rings (SSSR count). The van der Waals surface area contributed by atoms with Crippen LogP contribution in [0, 0.1) is 0 Å². The second-order valence-electron chi connectivity index (χ2n) is 3.47. The molecule has 0 aromatic heterocycles. The van der Waals surface area contributed by atoms with E-state index in [1.165, 1.54) is 4.90 Å². The van der Waals surface area contributed by atoms with Gasteiger partial charge in [0.15, 0.2) is 0 Å². The van der Waals surface area contributed by atoms with Crippen LogP contribution in [-0.4, -0.2) is 38.2 Å². The Balaban J connectivity index is 2.58. The minimum Gasteiger partial charge on any atom is -0.383 e. The van der Waals surface area contributed by atoms with Crippen molar-refractivity contribution in [3.05, 3.63) is 28.2 Å². The second-order valence-corrected chi connectivity index (χ2v) is 4.29. The molecule has 1 aromatic rings. The predicted octanol–water partition coefficient (Wildman–Crippen LogP) is 3.10. The number of hydrogen-bond donors (Lipinski definition) is 1. The summed E-state index contributed by atoms with van der Waals surface area (Å²) >= 11 is 11.6. The minimum atomic E-state index is -0.222. The van der Waals surface area contributed by atoms with Crippen molar-refractivity contribution >= 4 is 34.9 Å². The maximum Gasteiger partial charge on any atom is 0.321 e. The van der Waals surface area contributed by atoms with E-state index < -0.39 is 0 Å². The zero-order valence-corrected chi connectivity index (χ0v) is 11.2. The lowest BCUT2D eigenvalue weighted by Gasteiger charge is -2.17. The number of hydrogen-bond acceptors (Lipinski definition) is 2. The first-order valence-corrected chi connectivity index (χ1v) is 5.76. The summed E-state index contributed by atoms with van der Waals surface area (Å²) in [5, 5.41) is 3.57. The largest absolute Gasteiger partial charge is 0.383 e. The highest BCUT2D eigenvalue weighted by molar-refractivity contribution is 6.42. The van der Waals surface area contributed by atoms with Gasteiger partial charge in [0.2, 0.25) is 0 Å². The zero-order chi connectivity index (χ0) is 12.8. The van der Waals surface area contributed by atoms with E-state index in [2.05, 4.69) is 5.32 Å². The smallest absolute Gasteiger partial charge is 0.321 e. The number of likely N-dealkylation sites (N-methyl/N-ethyl adjacent to an activating group) is 1. The van der Waals surface area contributed by atoms with E-state index in [1.54, 1.807) is 32.4 Å². The Labute approximate surface area is 110 Å². The van der Waals surface area contributed by atoms with Crippen LogP contribution in [0.3, 0.4) is 0 Å². The molecule has 0 aliphatic rings. The van der Waals surface area contributed by atoms with Crippen molar-refractivity contribution in [2.24, 2.45) is 0 Å². The number of urea groups is 1. The highest BCUT2D eigenvalue weighted by atomic mass is 35.5. The van der Waals surface area contributed by atoms with Gasteiger partial charge in [-0.25, -0.2) is 4.79 Å². The number of carbonyl (C=O) groups excluding carboxylic acids is 1. The van der Waals surface area contributed by atoms with E-state index in [9.17, 15) is 4.79 Å². The number of anilines is 1. The Bertz CT molecular complexity index is 399. The van der Waals surface area contributed by atoms with Crippen LogP contribution in [-0.2, 0) is 4.74 Å². The van der Waals surface area contributed by atoms with E-state index in [0.29, 0.717) is 28.9 Å². The number of carbonyl (C=O) groups is 1. The van der Waals surface area contributed by atoms with Crippen LogP contribution in [0.4, 0.5) is 10.5 Å². The van der Waals surface area contributed by atoms with Gasteiger partial charge in [0.1, 0.15) is 0 Å². The second kappa shape index (κ2) is 6.69. The van der Waals surface area contributed by atoms with E-state index in [-0.39, 0.29) is 6.03 Å². The number of nitrogens with zero attached hydrogens (tertiary/aromatic N) is 1. The van der Waals surface area contributed by atoms with Gasteiger partial charge < -0.3 is 15.0 Å². The highest BCUT2D eigenvalue weighted by Crippen LogP contribution is 2.25. The maximum absolute atomic E-state index is 11.7. The van der Waals surface area contributed by atoms with Crippen LogP contribution in [0.2, 0.25) is 10.0 Å². The van der Waals surface area contributed by atoms with Crippen molar-refractivity contribution in [1.29, 1.82) is 0 Å². The molecule has 0 aliphatic carbocycles. The van der Waals surface area contributed by atoms with Crippen LogP contribution in [0.5, 0.6) is 0 Å². The third kappa shape index (κ3) is 4.42. The van der Waals surface area contributed by atoms with Crippen LogP contribution in [0.25, 0.3) is 0 Å². The van der Waals surface area contributed by atoms with Crippen LogP contribution >= 0.6 is 23.2 Å². The lowest BCUT2D eigenvalue weighted by atomic mass is 10.3. The van der Waals surface area contributed by atoms with Crippen molar-refractivity contribution in [2.75, 3.05) is 32.6 Å². The molecule has 0 bridgehead atoms. The van der Waals surface area contributed by atoms with Gasteiger partial charge in [-0.3, -0.25) is 0 Å². The molecule has 17 heavy (non-hydrogen) atoms. The van der Waals surface area contributed by atoms with E-state index in [1.807, 2.05) is 0 Å². The van der Waals surface area contributed by atoms with Crippen LogP contribution < -0.4 is 5.32 Å². The quantitative estimate of drug-likeness (QED) is 0.918. The summed E-state index contributed by atoms with van der Waals surface area (Å²) in [5.74, 6) is 0. The molecular weight excluding hydrogens is 263 g/mol. The van der Waals surface area contributed by atoms with Gasteiger partial charge in [-0.2, -0.15) is 0 Å². The summed E-state index contributed by atoms with van der Waals surface area (Å²) in [6.07, 6.45) is 0. The molecule has 4 nitrogen and oxygen atoms in total. The number of ether oxygens (including phenoxy) is 1. The average Bonchev–Trinajstić information content (AvgIpc) is 2.30. The summed E-state index contributed by atoms with van der Waals surface area (Å²) < 4.78 is 4.89. The standard InChI is InChI=1S/C11H14Cl2N2O2/c1-15(5-6-17-2)11(16)14-8-3-4-9(12)10(13)7-8/h3-4,7H,5-6H2,1-2H3,(H,14,16). The first-order valence-electron chi connectivity index (χ1n) is 5.00. The normalized spacial score (nSPS) is 10.1. The van der Waals surface area contributed by atoms with Crippen molar-refractivity contribution in [2.45, 2.75) is 0 Å². The molecule has 1 aromatic carbocycles. The van der Waals surface area contributed by atoms with Gasteiger partial charge in [-0.1, -0.05) is 23.2 Å². The van der Waals surface area contributed by atoms with Gasteiger partial charge in [0.25, 0.3) is 0 Å². The molecule has 6 heteroatoms. The summed E-state index contributed by atoms with van der Waals surface area (Å²) in [7, 11) is 3.27. The monoisotopic (exact) mass is 276 g/mol. The zero-order valence-electron chi connectivity index (χ0n) is 9.67. The van der Waals surface area contributed by atoms with Crippen molar-refractivity contribution in [3.63, 3.8) is 0 Å². The van der Waals surface area contributed by atoms with E-state index >= 15 is 0 Å². The number of halogens is 2. The Hall–Kier alpha value is -0.970. The molecule has 0 radical (unpaired) electrons. The van der Waals surface area contributed by atoms with Crippen LogP contribution in [0.15, 0.2) is 18.2 Å². The molecule has 1 N–H and O–H groups in total. The van der Waals surface area contributed by atoms with Crippen LogP contribution in [0.1, 0.15) is 0 Å². The minimum absolute atomic E-state index is 0.222. The number of nitrogens with one attached hydrogen (secondary N) is 1. The molecule has 0 heterocycles.